The van der Waals surface area contributed by atoms with E-state index in [1.54, 1.807) is 12.3 Å². The van der Waals surface area contributed by atoms with Crippen LogP contribution in [0.3, 0.4) is 0 Å². The van der Waals surface area contributed by atoms with Gasteiger partial charge in [-0.15, -0.1) is 0 Å². The number of aliphatic imine (C=N–C) groups is 1. The first kappa shape index (κ1) is 12.8. The lowest BCUT2D eigenvalue weighted by Gasteiger charge is -1.99. The summed E-state index contributed by atoms with van der Waals surface area (Å²) in [5.41, 5.74) is 4.93. The van der Waals surface area contributed by atoms with E-state index in [0.29, 0.717) is 6.42 Å². The molecule has 1 aliphatic heterocycles. The van der Waals surface area contributed by atoms with Crippen LogP contribution in [0.5, 0.6) is 0 Å². The third-order valence-corrected chi connectivity index (χ3v) is 3.91. The zero-order chi connectivity index (χ0) is 14.9. The van der Waals surface area contributed by atoms with Crippen LogP contribution in [0.25, 0.3) is 16.5 Å². The van der Waals surface area contributed by atoms with E-state index in [4.69, 9.17) is 0 Å². The van der Waals surface area contributed by atoms with Crippen molar-refractivity contribution in [1.29, 1.82) is 0 Å². The average Bonchev–Trinajstić information content (AvgIpc) is 3.13. The number of benzene rings is 2. The van der Waals surface area contributed by atoms with E-state index in [2.05, 4.69) is 9.98 Å². The molecule has 1 aliphatic rings. The molecule has 0 amide bonds. The predicted molar refractivity (Wildman–Crippen MR) is 89.6 cm³/mol. The molecule has 1 aromatic heterocycles. The van der Waals surface area contributed by atoms with Crippen LogP contribution in [0.4, 0.5) is 5.69 Å². The van der Waals surface area contributed by atoms with Gasteiger partial charge < -0.3 is 4.98 Å². The lowest BCUT2D eigenvalue weighted by molar-refractivity contribution is -0.113. The molecule has 4 rings (SSSR count). The Balaban J connectivity index is 1.61. The number of fused-ring (bicyclic) bond motifs is 2. The molecule has 0 bridgehead atoms. The maximum atomic E-state index is 12.4. The van der Waals surface area contributed by atoms with E-state index in [9.17, 15) is 4.79 Å². The minimum Gasteiger partial charge on any atom is -0.361 e. The summed E-state index contributed by atoms with van der Waals surface area (Å²) in [4.78, 5) is 19.9. The molecule has 3 aromatic rings. The van der Waals surface area contributed by atoms with Crippen LogP contribution in [0, 0.1) is 0 Å². The maximum absolute atomic E-state index is 12.4. The van der Waals surface area contributed by atoms with Gasteiger partial charge in [0.15, 0.2) is 5.78 Å². The van der Waals surface area contributed by atoms with Gasteiger partial charge in [-0.3, -0.25) is 9.79 Å². The summed E-state index contributed by atoms with van der Waals surface area (Å²) in [5.74, 6) is 0.0860. The molecule has 0 aliphatic carbocycles. The normalized spacial score (nSPS) is 14.6. The number of ketones is 1. The summed E-state index contributed by atoms with van der Waals surface area (Å²) in [7, 11) is 0. The summed E-state index contributed by atoms with van der Waals surface area (Å²) in [5, 5.41) is 1.11. The molecule has 22 heavy (non-hydrogen) atoms. The Labute approximate surface area is 128 Å². The lowest BCUT2D eigenvalue weighted by Crippen LogP contribution is -1.99. The highest BCUT2D eigenvalue weighted by atomic mass is 16.1. The first-order valence-electron chi connectivity index (χ1n) is 7.24. The number of H-pyrrole nitrogens is 1. The van der Waals surface area contributed by atoms with Gasteiger partial charge in [0.1, 0.15) is 0 Å². The Morgan fingerprint density at radius 3 is 2.86 bits per heavy atom. The van der Waals surface area contributed by atoms with E-state index >= 15 is 0 Å². The molecule has 2 aromatic carbocycles. The minimum absolute atomic E-state index is 0.0860. The van der Waals surface area contributed by atoms with Crippen LogP contribution >= 0.6 is 0 Å². The zero-order valence-electron chi connectivity index (χ0n) is 11.9. The molecule has 0 radical (unpaired) electrons. The summed E-state index contributed by atoms with van der Waals surface area (Å²) in [6.45, 7) is 0. The van der Waals surface area contributed by atoms with Crippen LogP contribution in [-0.2, 0) is 11.2 Å². The molecule has 0 fully saturated rings. The van der Waals surface area contributed by atoms with Crippen LogP contribution in [0.1, 0.15) is 11.1 Å². The maximum Gasteiger partial charge on any atom is 0.160 e. The van der Waals surface area contributed by atoms with E-state index < -0.39 is 0 Å². The minimum atomic E-state index is 0.0860. The van der Waals surface area contributed by atoms with Crippen LogP contribution in [0.15, 0.2) is 65.8 Å². The number of carbonyl (C=O) groups excluding carboxylic acids is 1. The van der Waals surface area contributed by atoms with E-state index in [-0.39, 0.29) is 5.78 Å². The van der Waals surface area contributed by atoms with Gasteiger partial charge in [0.25, 0.3) is 0 Å². The number of rotatable bonds is 3. The fourth-order valence-corrected chi connectivity index (χ4v) is 2.84. The number of para-hydroxylation sites is 2. The number of allylic oxidation sites excluding steroid dienone is 2. The zero-order valence-corrected chi connectivity index (χ0v) is 11.9. The van der Waals surface area contributed by atoms with Gasteiger partial charge in [0, 0.05) is 40.9 Å². The van der Waals surface area contributed by atoms with Crippen LogP contribution in [-0.4, -0.2) is 17.0 Å². The van der Waals surface area contributed by atoms with Crippen LogP contribution in [0.2, 0.25) is 0 Å². The quantitative estimate of drug-likeness (QED) is 0.724. The summed E-state index contributed by atoms with van der Waals surface area (Å²) >= 11 is 0. The number of hydrogen-bond donors (Lipinski definition) is 1. The first-order valence-corrected chi connectivity index (χ1v) is 7.24. The Hall–Kier alpha value is -2.94. The van der Waals surface area contributed by atoms with Gasteiger partial charge in [0.2, 0.25) is 0 Å². The van der Waals surface area contributed by atoms with Crippen molar-refractivity contribution in [3.05, 3.63) is 71.9 Å². The standard InChI is InChI=1S/C19H14N2O/c22-15(9-13-11-20-18-7-3-1-5-16(13)18)10-14-12-21-19-8-4-2-6-17(14)19/h1-9,11-12,21H,10H2. The van der Waals surface area contributed by atoms with Gasteiger partial charge in [0.05, 0.1) is 5.69 Å². The molecule has 3 nitrogen and oxygen atoms in total. The molecule has 2 heterocycles. The van der Waals surface area contributed by atoms with Crippen molar-refractivity contribution in [3.63, 3.8) is 0 Å². The first-order chi connectivity index (χ1) is 10.8. The summed E-state index contributed by atoms with van der Waals surface area (Å²) in [6.07, 6.45) is 5.76. The number of nitrogens with zero attached hydrogens (tertiary/aromatic N) is 1. The van der Waals surface area contributed by atoms with Crippen molar-refractivity contribution >= 4 is 34.2 Å². The van der Waals surface area contributed by atoms with Gasteiger partial charge >= 0.3 is 0 Å². The summed E-state index contributed by atoms with van der Waals surface area (Å²) in [6, 6.07) is 15.9. The molecule has 0 saturated heterocycles. The number of carbonyl (C=O) groups is 1. The average molecular weight is 286 g/mol. The Kier molecular flexibility index (Phi) is 2.97. The molecule has 3 heteroatoms. The summed E-state index contributed by atoms with van der Waals surface area (Å²) < 4.78 is 0. The highest BCUT2D eigenvalue weighted by Gasteiger charge is 2.13. The second kappa shape index (κ2) is 5.11. The highest BCUT2D eigenvalue weighted by molar-refractivity contribution is 6.21. The molecule has 0 saturated carbocycles. The third-order valence-electron chi connectivity index (χ3n) is 3.91. The molecule has 0 spiro atoms. The monoisotopic (exact) mass is 286 g/mol. The molecule has 0 atom stereocenters. The SMILES string of the molecule is O=C(C=C1C=Nc2ccccc21)Cc1c[nH]c2ccccc12. The Morgan fingerprint density at radius 1 is 1.09 bits per heavy atom. The van der Waals surface area contributed by atoms with Crippen molar-refractivity contribution in [3.8, 4) is 0 Å². The van der Waals surface area contributed by atoms with Crippen molar-refractivity contribution in [2.75, 3.05) is 0 Å². The Morgan fingerprint density at radius 2 is 1.91 bits per heavy atom. The van der Waals surface area contributed by atoms with Crippen LogP contribution < -0.4 is 0 Å². The smallest absolute Gasteiger partial charge is 0.160 e. The molecule has 1 N–H and O–H groups in total. The van der Waals surface area contributed by atoms with Gasteiger partial charge in [-0.25, -0.2) is 0 Å². The van der Waals surface area contributed by atoms with Crippen molar-refractivity contribution in [1.82, 2.24) is 4.98 Å². The van der Waals surface area contributed by atoms with Crippen molar-refractivity contribution in [2.45, 2.75) is 6.42 Å². The Bertz CT molecular complexity index is 931. The van der Waals surface area contributed by atoms with E-state index in [0.717, 1.165) is 33.3 Å². The van der Waals surface area contributed by atoms with E-state index in [1.807, 2.05) is 54.7 Å². The van der Waals surface area contributed by atoms with Gasteiger partial charge in [-0.1, -0.05) is 36.4 Å². The van der Waals surface area contributed by atoms with Crippen molar-refractivity contribution < 1.29 is 4.79 Å². The number of aromatic nitrogens is 1. The third kappa shape index (κ3) is 2.17. The number of aromatic amines is 1. The fraction of sp³-hybridized carbons (Fsp3) is 0.0526. The topological polar surface area (TPSA) is 45.2 Å². The molecular formula is C19H14N2O. The van der Waals surface area contributed by atoms with Gasteiger partial charge in [-0.05, 0) is 23.8 Å². The van der Waals surface area contributed by atoms with E-state index in [1.165, 1.54) is 0 Å². The predicted octanol–water partition coefficient (Wildman–Crippen LogP) is 4.08. The van der Waals surface area contributed by atoms with Crippen molar-refractivity contribution in [2.24, 2.45) is 4.99 Å². The molecule has 0 unspecified atom stereocenters. The van der Waals surface area contributed by atoms with Gasteiger partial charge in [-0.2, -0.15) is 0 Å². The number of nitrogens with one attached hydrogen (secondary N) is 1. The highest BCUT2D eigenvalue weighted by Crippen LogP contribution is 2.30. The second-order valence-electron chi connectivity index (χ2n) is 5.38. The molecule has 106 valence electrons. The molecular weight excluding hydrogens is 272 g/mol. The lowest BCUT2D eigenvalue weighted by atomic mass is 10.0. The largest absolute Gasteiger partial charge is 0.361 e. The fourth-order valence-electron chi connectivity index (χ4n) is 2.84. The number of hydrogen-bond acceptors (Lipinski definition) is 2. The second-order valence-corrected chi connectivity index (χ2v) is 5.38.